The lowest BCUT2D eigenvalue weighted by atomic mass is 10.1. The number of hydrogen-bond donors (Lipinski definition) is 2. The van der Waals surface area contributed by atoms with E-state index in [1.165, 1.54) is 38.5 Å². The monoisotopic (exact) mass is 361 g/mol. The summed E-state index contributed by atoms with van der Waals surface area (Å²) in [7, 11) is 2.10. The van der Waals surface area contributed by atoms with Crippen LogP contribution >= 0.6 is 0 Å². The van der Waals surface area contributed by atoms with Gasteiger partial charge < -0.3 is 25.8 Å². The van der Waals surface area contributed by atoms with Crippen molar-refractivity contribution in [3.63, 3.8) is 0 Å². The zero-order chi connectivity index (χ0) is 18.2. The molecule has 7 heteroatoms. The molecule has 0 aromatic carbocycles. The summed E-state index contributed by atoms with van der Waals surface area (Å²) < 4.78 is 0. The predicted octanol–water partition coefficient (Wildman–Crippen LogP) is 1.76. The van der Waals surface area contributed by atoms with Gasteiger partial charge in [0, 0.05) is 58.4 Å². The van der Waals surface area contributed by atoms with Gasteiger partial charge >= 0.3 is 0 Å². The molecule has 2 aliphatic rings. The Labute approximate surface area is 158 Å². The molecule has 1 aromatic rings. The molecule has 0 aliphatic carbocycles. The summed E-state index contributed by atoms with van der Waals surface area (Å²) in [6.45, 7) is 7.80. The molecule has 7 nitrogen and oxygen atoms in total. The summed E-state index contributed by atoms with van der Waals surface area (Å²) in [5, 5.41) is 3.51. The number of hydrogen-bond acceptors (Lipinski definition) is 7. The molecular weight excluding hydrogens is 326 g/mol. The second-order valence-corrected chi connectivity index (χ2v) is 7.53. The quantitative estimate of drug-likeness (QED) is 0.731. The number of nitrogens with one attached hydrogen (secondary N) is 1. The highest BCUT2D eigenvalue weighted by atomic mass is 15.3. The minimum Gasteiger partial charge on any atom is -0.369 e. The van der Waals surface area contributed by atoms with E-state index in [0.29, 0.717) is 6.54 Å². The molecule has 0 atom stereocenters. The van der Waals surface area contributed by atoms with Gasteiger partial charge in [-0.15, -0.1) is 0 Å². The molecule has 3 heterocycles. The van der Waals surface area contributed by atoms with Gasteiger partial charge in [0.1, 0.15) is 11.6 Å². The number of anilines is 3. The fourth-order valence-electron chi connectivity index (χ4n) is 3.74. The van der Waals surface area contributed by atoms with Gasteiger partial charge in [0.05, 0.1) is 0 Å². The van der Waals surface area contributed by atoms with Crippen molar-refractivity contribution < 1.29 is 0 Å². The standard InChI is InChI=1S/C19H35N7/c1-24(14-8-20)15-9-21-17-16-18(25-10-4-2-5-11-25)23-19(22-17)26-12-6-3-7-13-26/h16H,2-15,20H2,1H3,(H,21,22,23). The van der Waals surface area contributed by atoms with Crippen molar-refractivity contribution in [2.75, 3.05) is 74.5 Å². The summed E-state index contributed by atoms with van der Waals surface area (Å²) in [6.07, 6.45) is 7.65. The molecule has 146 valence electrons. The maximum atomic E-state index is 5.62. The first-order valence-electron chi connectivity index (χ1n) is 10.3. The number of nitrogens with two attached hydrogens (primary N) is 1. The van der Waals surface area contributed by atoms with Crippen molar-refractivity contribution in [3.05, 3.63) is 6.07 Å². The van der Waals surface area contributed by atoms with Crippen LogP contribution in [0.1, 0.15) is 38.5 Å². The molecule has 1 aromatic heterocycles. The van der Waals surface area contributed by atoms with E-state index >= 15 is 0 Å². The molecule has 2 fully saturated rings. The molecule has 2 aliphatic heterocycles. The minimum absolute atomic E-state index is 0.697. The zero-order valence-electron chi connectivity index (χ0n) is 16.3. The van der Waals surface area contributed by atoms with Gasteiger partial charge in [-0.1, -0.05) is 0 Å². The molecule has 3 rings (SSSR count). The molecule has 0 bridgehead atoms. The summed E-state index contributed by atoms with van der Waals surface area (Å²) in [4.78, 5) is 16.8. The number of likely N-dealkylation sites (N-methyl/N-ethyl adjacent to an activating group) is 1. The van der Waals surface area contributed by atoms with Crippen LogP contribution in [0.3, 0.4) is 0 Å². The third kappa shape index (κ3) is 5.45. The molecule has 0 amide bonds. The lowest BCUT2D eigenvalue weighted by Crippen LogP contribution is -2.34. The van der Waals surface area contributed by atoms with Crippen molar-refractivity contribution in [1.29, 1.82) is 0 Å². The Morgan fingerprint density at radius 1 is 0.962 bits per heavy atom. The smallest absolute Gasteiger partial charge is 0.229 e. The molecule has 0 unspecified atom stereocenters. The van der Waals surface area contributed by atoms with Crippen LogP contribution in [0.25, 0.3) is 0 Å². The summed E-state index contributed by atoms with van der Waals surface area (Å²) in [5.41, 5.74) is 5.62. The van der Waals surface area contributed by atoms with Gasteiger partial charge in [-0.2, -0.15) is 9.97 Å². The molecule has 0 spiro atoms. The summed E-state index contributed by atoms with van der Waals surface area (Å²) >= 11 is 0. The Hall–Kier alpha value is -1.60. The number of rotatable bonds is 8. The first kappa shape index (κ1) is 19.2. The first-order valence-corrected chi connectivity index (χ1v) is 10.3. The highest BCUT2D eigenvalue weighted by Crippen LogP contribution is 2.25. The van der Waals surface area contributed by atoms with E-state index in [1.54, 1.807) is 0 Å². The van der Waals surface area contributed by atoms with Crippen LogP contribution in [0.15, 0.2) is 6.07 Å². The molecule has 2 saturated heterocycles. The Morgan fingerprint density at radius 3 is 2.27 bits per heavy atom. The SMILES string of the molecule is CN(CCN)CCNc1cc(N2CCCCC2)nc(N2CCCCC2)n1. The van der Waals surface area contributed by atoms with Crippen LogP contribution in [0, 0.1) is 0 Å². The maximum Gasteiger partial charge on any atom is 0.229 e. The highest BCUT2D eigenvalue weighted by molar-refractivity contribution is 5.54. The van der Waals surface area contributed by atoms with Gasteiger partial charge in [0.15, 0.2) is 0 Å². The molecule has 26 heavy (non-hydrogen) atoms. The second-order valence-electron chi connectivity index (χ2n) is 7.53. The molecule has 0 saturated carbocycles. The molecule has 3 N–H and O–H groups in total. The lowest BCUT2D eigenvalue weighted by molar-refractivity contribution is 0.357. The minimum atomic E-state index is 0.697. The predicted molar refractivity (Wildman–Crippen MR) is 109 cm³/mol. The number of nitrogens with zero attached hydrogens (tertiary/aromatic N) is 5. The van der Waals surface area contributed by atoms with Crippen molar-refractivity contribution in [2.24, 2.45) is 5.73 Å². The van der Waals surface area contributed by atoms with Crippen LogP contribution in [-0.4, -0.2) is 74.3 Å². The van der Waals surface area contributed by atoms with Crippen LogP contribution in [0.5, 0.6) is 0 Å². The fraction of sp³-hybridized carbons (Fsp3) is 0.789. The van der Waals surface area contributed by atoms with Gasteiger partial charge in [-0.3, -0.25) is 0 Å². The zero-order valence-corrected chi connectivity index (χ0v) is 16.3. The van der Waals surface area contributed by atoms with Crippen molar-refractivity contribution >= 4 is 17.6 Å². The average molecular weight is 362 g/mol. The lowest BCUT2D eigenvalue weighted by Gasteiger charge is -2.31. The Balaban J connectivity index is 1.71. The third-order valence-electron chi connectivity index (χ3n) is 5.33. The van der Waals surface area contributed by atoms with E-state index in [0.717, 1.165) is 63.4 Å². The van der Waals surface area contributed by atoms with E-state index in [9.17, 15) is 0 Å². The number of piperidine rings is 2. The van der Waals surface area contributed by atoms with Crippen molar-refractivity contribution in [2.45, 2.75) is 38.5 Å². The van der Waals surface area contributed by atoms with Gasteiger partial charge in [0.2, 0.25) is 5.95 Å². The largest absolute Gasteiger partial charge is 0.369 e. The average Bonchev–Trinajstić information content (AvgIpc) is 2.69. The number of aromatic nitrogens is 2. The van der Waals surface area contributed by atoms with Crippen molar-refractivity contribution in [1.82, 2.24) is 14.9 Å². The van der Waals surface area contributed by atoms with Crippen LogP contribution in [0.4, 0.5) is 17.6 Å². The summed E-state index contributed by atoms with van der Waals surface area (Å²) in [5.74, 6) is 2.92. The Bertz CT molecular complexity index is 502. The Morgan fingerprint density at radius 2 is 1.62 bits per heavy atom. The normalized spacial score (nSPS) is 18.4. The topological polar surface area (TPSA) is 73.6 Å². The van der Waals surface area contributed by atoms with Gasteiger partial charge in [0.25, 0.3) is 0 Å². The van der Waals surface area contributed by atoms with Gasteiger partial charge in [-0.05, 0) is 45.6 Å². The van der Waals surface area contributed by atoms with E-state index in [-0.39, 0.29) is 0 Å². The van der Waals surface area contributed by atoms with Crippen LogP contribution < -0.4 is 20.9 Å². The third-order valence-corrected chi connectivity index (χ3v) is 5.33. The molecular formula is C19H35N7. The maximum absolute atomic E-state index is 5.62. The first-order chi connectivity index (χ1) is 12.8. The second kappa shape index (κ2) is 9.92. The van der Waals surface area contributed by atoms with Gasteiger partial charge in [-0.25, -0.2) is 0 Å². The van der Waals surface area contributed by atoms with Crippen molar-refractivity contribution in [3.8, 4) is 0 Å². The summed E-state index contributed by atoms with van der Waals surface area (Å²) in [6, 6.07) is 2.13. The van der Waals surface area contributed by atoms with E-state index in [1.807, 2.05) is 0 Å². The highest BCUT2D eigenvalue weighted by Gasteiger charge is 2.19. The fourth-order valence-corrected chi connectivity index (χ4v) is 3.74. The van der Waals surface area contributed by atoms with E-state index in [2.05, 4.69) is 33.1 Å². The van der Waals surface area contributed by atoms with E-state index in [4.69, 9.17) is 15.7 Å². The Kier molecular flexibility index (Phi) is 7.32. The van der Waals surface area contributed by atoms with Crippen LogP contribution in [0.2, 0.25) is 0 Å². The molecule has 0 radical (unpaired) electrons. The van der Waals surface area contributed by atoms with E-state index < -0.39 is 0 Å². The van der Waals surface area contributed by atoms with Crippen LogP contribution in [-0.2, 0) is 0 Å².